The minimum Gasteiger partial charge on any atom is -0.379 e. The third kappa shape index (κ3) is 6.05. The lowest BCUT2D eigenvalue weighted by atomic mass is 10.1. The van der Waals surface area contributed by atoms with E-state index in [4.69, 9.17) is 9.26 Å². The number of benzene rings is 1. The molecule has 0 bridgehead atoms. The highest BCUT2D eigenvalue weighted by atomic mass is 16.5. The zero-order valence-corrected chi connectivity index (χ0v) is 17.1. The topological polar surface area (TPSA) is 75.8 Å². The first-order valence-corrected chi connectivity index (χ1v) is 10.1. The Morgan fingerprint density at radius 1 is 1.32 bits per heavy atom. The molecule has 0 unspecified atom stereocenters. The molecule has 0 radical (unpaired) electrons. The molecule has 2 aromatic rings. The number of hydrogen-bond acceptors (Lipinski definition) is 5. The van der Waals surface area contributed by atoms with Gasteiger partial charge in [0.1, 0.15) is 0 Å². The van der Waals surface area contributed by atoms with Crippen molar-refractivity contribution in [2.24, 2.45) is 10.9 Å². The van der Waals surface area contributed by atoms with E-state index in [1.54, 1.807) is 0 Å². The summed E-state index contributed by atoms with van der Waals surface area (Å²) in [7, 11) is 3.85. The normalized spacial score (nSPS) is 14.3. The highest BCUT2D eigenvalue weighted by molar-refractivity contribution is 5.79. The van der Waals surface area contributed by atoms with Crippen LogP contribution in [-0.2, 0) is 17.6 Å². The first-order chi connectivity index (χ1) is 13.7. The lowest BCUT2D eigenvalue weighted by molar-refractivity contribution is 0.115. The minimum absolute atomic E-state index is 0.576. The summed E-state index contributed by atoms with van der Waals surface area (Å²) in [6, 6.07) is 8.26. The zero-order valence-electron chi connectivity index (χ0n) is 17.1. The van der Waals surface area contributed by atoms with Crippen LogP contribution in [0.3, 0.4) is 0 Å². The second-order valence-corrected chi connectivity index (χ2v) is 7.23. The van der Waals surface area contributed by atoms with Crippen molar-refractivity contribution in [2.75, 3.05) is 40.4 Å². The Kier molecular flexibility index (Phi) is 7.42. The average Bonchev–Trinajstić information content (AvgIpc) is 3.43. The minimum atomic E-state index is 0.576. The van der Waals surface area contributed by atoms with Crippen molar-refractivity contribution >= 4 is 5.96 Å². The maximum Gasteiger partial charge on any atom is 0.257 e. The Hall–Kier alpha value is -2.41. The smallest absolute Gasteiger partial charge is 0.257 e. The zero-order chi connectivity index (χ0) is 19.8. The Morgan fingerprint density at radius 2 is 2.11 bits per heavy atom. The number of rotatable bonds is 10. The lowest BCUT2D eigenvalue weighted by Crippen LogP contribution is -2.41. The maximum absolute atomic E-state index is 5.71. The number of aliphatic imine (C=N–C) groups is 1. The molecule has 1 fully saturated rings. The van der Waals surface area contributed by atoms with Crippen LogP contribution in [0.25, 0.3) is 11.5 Å². The number of aromatic nitrogens is 2. The Labute approximate surface area is 167 Å². The van der Waals surface area contributed by atoms with Crippen molar-refractivity contribution in [3.8, 4) is 11.5 Å². The molecule has 28 heavy (non-hydrogen) atoms. The van der Waals surface area contributed by atoms with Gasteiger partial charge in [-0.25, -0.2) is 0 Å². The van der Waals surface area contributed by atoms with Crippen molar-refractivity contribution in [1.82, 2.24) is 20.4 Å². The van der Waals surface area contributed by atoms with E-state index < -0.39 is 0 Å². The number of ether oxygens (including phenoxy) is 1. The molecule has 1 N–H and O–H groups in total. The first-order valence-electron chi connectivity index (χ1n) is 10.1. The van der Waals surface area contributed by atoms with Crippen molar-refractivity contribution in [3.63, 3.8) is 0 Å². The van der Waals surface area contributed by atoms with Crippen LogP contribution in [-0.4, -0.2) is 61.4 Å². The van der Waals surface area contributed by atoms with Gasteiger partial charge in [-0.1, -0.05) is 24.2 Å². The Bertz CT molecular complexity index is 752. The molecular weight excluding hydrogens is 354 g/mol. The molecule has 152 valence electrons. The van der Waals surface area contributed by atoms with Crippen LogP contribution in [0.2, 0.25) is 0 Å². The van der Waals surface area contributed by atoms with Crippen molar-refractivity contribution in [3.05, 3.63) is 35.7 Å². The van der Waals surface area contributed by atoms with Gasteiger partial charge in [-0.3, -0.25) is 4.99 Å². The lowest BCUT2D eigenvalue weighted by Gasteiger charge is -2.22. The first kappa shape index (κ1) is 20.3. The van der Waals surface area contributed by atoms with Crippen LogP contribution in [0.4, 0.5) is 0 Å². The molecule has 0 saturated heterocycles. The fourth-order valence-electron chi connectivity index (χ4n) is 2.87. The maximum atomic E-state index is 5.71. The summed E-state index contributed by atoms with van der Waals surface area (Å²) in [6.07, 6.45) is 4.34. The van der Waals surface area contributed by atoms with E-state index in [0.717, 1.165) is 62.4 Å². The molecule has 1 aliphatic carbocycles. The highest BCUT2D eigenvalue weighted by Gasteiger charge is 2.21. The molecule has 3 rings (SSSR count). The van der Waals surface area contributed by atoms with E-state index >= 15 is 0 Å². The van der Waals surface area contributed by atoms with Crippen molar-refractivity contribution in [2.45, 2.75) is 32.6 Å². The van der Waals surface area contributed by atoms with Gasteiger partial charge in [-0.15, -0.1) is 0 Å². The summed E-state index contributed by atoms with van der Waals surface area (Å²) in [6.45, 7) is 5.31. The van der Waals surface area contributed by atoms with Gasteiger partial charge in [0, 0.05) is 45.8 Å². The van der Waals surface area contributed by atoms with Gasteiger partial charge >= 0.3 is 0 Å². The summed E-state index contributed by atoms with van der Waals surface area (Å²) in [5.41, 5.74) is 2.20. The molecule has 1 saturated carbocycles. The van der Waals surface area contributed by atoms with Gasteiger partial charge in [0.2, 0.25) is 0 Å². The van der Waals surface area contributed by atoms with E-state index in [0.29, 0.717) is 5.89 Å². The summed E-state index contributed by atoms with van der Waals surface area (Å²) in [5, 5.41) is 7.36. The molecule has 0 aliphatic heterocycles. The third-order valence-electron chi connectivity index (χ3n) is 4.88. The SMILES string of the molecule is CCc1noc(-c2ccc(CCNC(=NC)N(C)CCOCC3CC3)cc2)n1. The van der Waals surface area contributed by atoms with Crippen LogP contribution >= 0.6 is 0 Å². The van der Waals surface area contributed by atoms with Gasteiger partial charge in [0.15, 0.2) is 11.8 Å². The monoisotopic (exact) mass is 385 g/mol. The molecule has 0 amide bonds. The molecule has 1 heterocycles. The van der Waals surface area contributed by atoms with E-state index in [1.165, 1.54) is 18.4 Å². The third-order valence-corrected chi connectivity index (χ3v) is 4.88. The molecule has 1 aromatic carbocycles. The molecule has 7 heteroatoms. The number of guanidine groups is 1. The quantitative estimate of drug-likeness (QED) is 0.385. The largest absolute Gasteiger partial charge is 0.379 e. The summed E-state index contributed by atoms with van der Waals surface area (Å²) in [4.78, 5) is 10.8. The van der Waals surface area contributed by atoms with Gasteiger partial charge < -0.3 is 19.5 Å². The number of aryl methyl sites for hydroxylation is 1. The molecule has 0 atom stereocenters. The molecular formula is C21H31N5O2. The Morgan fingerprint density at radius 3 is 2.75 bits per heavy atom. The van der Waals surface area contributed by atoms with Crippen LogP contribution in [0.5, 0.6) is 0 Å². The van der Waals surface area contributed by atoms with Gasteiger partial charge in [-0.2, -0.15) is 4.98 Å². The van der Waals surface area contributed by atoms with Crippen LogP contribution in [0, 0.1) is 5.92 Å². The second kappa shape index (κ2) is 10.2. The van der Waals surface area contributed by atoms with Gasteiger partial charge in [0.25, 0.3) is 5.89 Å². The van der Waals surface area contributed by atoms with E-state index in [-0.39, 0.29) is 0 Å². The van der Waals surface area contributed by atoms with Crippen molar-refractivity contribution < 1.29 is 9.26 Å². The van der Waals surface area contributed by atoms with Crippen LogP contribution in [0.15, 0.2) is 33.8 Å². The summed E-state index contributed by atoms with van der Waals surface area (Å²) in [5.74, 6) is 3.01. The number of nitrogens with one attached hydrogen (secondary N) is 1. The van der Waals surface area contributed by atoms with Crippen LogP contribution in [0.1, 0.15) is 31.2 Å². The predicted octanol–water partition coefficient (Wildman–Crippen LogP) is 2.78. The number of likely N-dealkylation sites (N-methyl/N-ethyl adjacent to an activating group) is 1. The van der Waals surface area contributed by atoms with Gasteiger partial charge in [-0.05, 0) is 42.9 Å². The fraction of sp³-hybridized carbons (Fsp3) is 0.571. The Balaban J connectivity index is 1.40. The number of nitrogens with zero attached hydrogens (tertiary/aromatic N) is 4. The average molecular weight is 386 g/mol. The highest BCUT2D eigenvalue weighted by Crippen LogP contribution is 2.28. The summed E-state index contributed by atoms with van der Waals surface area (Å²) < 4.78 is 11.0. The predicted molar refractivity (Wildman–Crippen MR) is 110 cm³/mol. The van der Waals surface area contributed by atoms with Crippen LogP contribution < -0.4 is 5.32 Å². The standard InChI is InChI=1S/C21H31N5O2/c1-4-19-24-20(28-25-19)18-9-7-16(8-10-18)11-12-23-21(22-2)26(3)13-14-27-15-17-5-6-17/h7-10,17H,4-6,11-15H2,1-3H3,(H,22,23). The van der Waals surface area contributed by atoms with Crippen molar-refractivity contribution in [1.29, 1.82) is 0 Å². The van der Waals surface area contributed by atoms with E-state index in [2.05, 4.69) is 37.5 Å². The van der Waals surface area contributed by atoms with E-state index in [1.807, 2.05) is 33.2 Å². The molecule has 1 aromatic heterocycles. The van der Waals surface area contributed by atoms with E-state index in [9.17, 15) is 0 Å². The second-order valence-electron chi connectivity index (χ2n) is 7.23. The molecule has 7 nitrogen and oxygen atoms in total. The number of hydrogen-bond donors (Lipinski definition) is 1. The summed E-state index contributed by atoms with van der Waals surface area (Å²) >= 11 is 0. The van der Waals surface area contributed by atoms with Gasteiger partial charge in [0.05, 0.1) is 6.61 Å². The fourth-order valence-corrected chi connectivity index (χ4v) is 2.87. The molecule has 1 aliphatic rings. The molecule has 0 spiro atoms.